The highest BCUT2D eigenvalue weighted by atomic mass is 35.5. The molecule has 3 rings (SSSR count). The van der Waals surface area contributed by atoms with Gasteiger partial charge in [0.2, 0.25) is 5.91 Å². The number of aryl methyl sites for hydroxylation is 1. The van der Waals surface area contributed by atoms with Crippen molar-refractivity contribution in [2.45, 2.75) is 26.2 Å². The number of hydrogen-bond acceptors (Lipinski definition) is 4. The molecule has 1 amide bonds. The summed E-state index contributed by atoms with van der Waals surface area (Å²) in [5.41, 5.74) is 2.27. The minimum Gasteiger partial charge on any atom is -0.462 e. The van der Waals surface area contributed by atoms with Crippen LogP contribution in [0.25, 0.3) is 6.08 Å². The van der Waals surface area contributed by atoms with Crippen molar-refractivity contribution in [3.63, 3.8) is 0 Å². The summed E-state index contributed by atoms with van der Waals surface area (Å²) in [6.07, 6.45) is 5.84. The number of thiophene rings is 1. The molecule has 0 fully saturated rings. The maximum absolute atomic E-state index is 12.3. The van der Waals surface area contributed by atoms with E-state index in [-0.39, 0.29) is 11.9 Å². The number of fused-ring (bicyclic) bond motifs is 1. The summed E-state index contributed by atoms with van der Waals surface area (Å²) in [5, 5.41) is 4.24. The molecule has 1 heterocycles. The van der Waals surface area contributed by atoms with Gasteiger partial charge < -0.3 is 10.1 Å². The molecule has 0 bridgehead atoms. The van der Waals surface area contributed by atoms with Crippen LogP contribution in [0, 0.1) is 0 Å². The predicted octanol–water partition coefficient (Wildman–Crippen LogP) is 5.37. The van der Waals surface area contributed by atoms with Crippen LogP contribution in [0.3, 0.4) is 0 Å². The molecule has 4 nitrogen and oxygen atoms in total. The van der Waals surface area contributed by atoms with E-state index in [1.165, 1.54) is 17.4 Å². The van der Waals surface area contributed by atoms with Gasteiger partial charge >= 0.3 is 5.97 Å². The van der Waals surface area contributed by atoms with Crippen molar-refractivity contribution in [2.24, 2.45) is 0 Å². The van der Waals surface area contributed by atoms with Crippen molar-refractivity contribution in [3.05, 3.63) is 55.9 Å². The zero-order valence-corrected chi connectivity index (χ0v) is 16.4. The molecule has 26 heavy (non-hydrogen) atoms. The number of esters is 1. The molecule has 1 aliphatic rings. The second-order valence-electron chi connectivity index (χ2n) is 5.78. The Labute approximate surface area is 165 Å². The molecule has 0 aliphatic heterocycles. The lowest BCUT2D eigenvalue weighted by atomic mass is 10.1. The monoisotopic (exact) mass is 409 g/mol. The van der Waals surface area contributed by atoms with E-state index in [1.54, 1.807) is 31.2 Å². The van der Waals surface area contributed by atoms with Gasteiger partial charge in [0.05, 0.1) is 22.2 Å². The summed E-state index contributed by atoms with van der Waals surface area (Å²) in [7, 11) is 0. The Balaban J connectivity index is 1.78. The zero-order valence-electron chi connectivity index (χ0n) is 14.1. The molecule has 1 aromatic carbocycles. The van der Waals surface area contributed by atoms with Crippen molar-refractivity contribution >= 4 is 57.5 Å². The smallest absolute Gasteiger partial charge is 0.341 e. The van der Waals surface area contributed by atoms with E-state index in [0.29, 0.717) is 27.2 Å². The minimum atomic E-state index is -0.379. The first-order chi connectivity index (χ1) is 12.5. The maximum Gasteiger partial charge on any atom is 0.341 e. The van der Waals surface area contributed by atoms with Crippen molar-refractivity contribution in [3.8, 4) is 0 Å². The number of benzene rings is 1. The van der Waals surface area contributed by atoms with E-state index < -0.39 is 0 Å². The van der Waals surface area contributed by atoms with Gasteiger partial charge in [0.25, 0.3) is 0 Å². The Bertz CT molecular complexity index is 889. The summed E-state index contributed by atoms with van der Waals surface area (Å²) in [6, 6.07) is 5.11. The third-order valence-corrected chi connectivity index (χ3v) is 5.95. The van der Waals surface area contributed by atoms with Gasteiger partial charge in [-0.2, -0.15) is 0 Å². The molecule has 1 aliphatic carbocycles. The predicted molar refractivity (Wildman–Crippen MR) is 106 cm³/mol. The average Bonchev–Trinajstić information content (AvgIpc) is 3.16. The normalized spacial score (nSPS) is 13.0. The molecule has 0 radical (unpaired) electrons. The first-order valence-electron chi connectivity index (χ1n) is 8.25. The number of nitrogens with one attached hydrogen (secondary N) is 1. The highest BCUT2D eigenvalue weighted by molar-refractivity contribution is 7.17. The van der Waals surface area contributed by atoms with E-state index in [0.717, 1.165) is 35.3 Å². The van der Waals surface area contributed by atoms with Gasteiger partial charge in [-0.1, -0.05) is 29.3 Å². The zero-order chi connectivity index (χ0) is 18.7. The van der Waals surface area contributed by atoms with Crippen molar-refractivity contribution in [1.82, 2.24) is 0 Å². The van der Waals surface area contributed by atoms with Crippen LogP contribution in [-0.4, -0.2) is 18.5 Å². The summed E-state index contributed by atoms with van der Waals surface area (Å²) < 4.78 is 5.16. The lowest BCUT2D eigenvalue weighted by Crippen LogP contribution is -2.13. The molecule has 2 aromatic rings. The average molecular weight is 410 g/mol. The number of hydrogen-bond donors (Lipinski definition) is 1. The highest BCUT2D eigenvalue weighted by Crippen LogP contribution is 2.39. The van der Waals surface area contributed by atoms with E-state index >= 15 is 0 Å². The van der Waals surface area contributed by atoms with Crippen LogP contribution < -0.4 is 5.32 Å². The standard InChI is InChI=1S/C19H17Cl2NO3S/c1-2-25-19(24)17-12-4-3-5-15(12)26-18(17)22-16(23)9-7-11-6-8-13(20)14(21)10-11/h6-10H,2-5H2,1H3,(H,22,23)/b9-7+. The van der Waals surface area contributed by atoms with E-state index in [1.807, 2.05) is 0 Å². The maximum atomic E-state index is 12.3. The Morgan fingerprint density at radius 3 is 2.81 bits per heavy atom. The molecule has 0 spiro atoms. The lowest BCUT2D eigenvalue weighted by Gasteiger charge is -2.06. The van der Waals surface area contributed by atoms with Gasteiger partial charge in [0.15, 0.2) is 0 Å². The summed E-state index contributed by atoms with van der Waals surface area (Å²) in [4.78, 5) is 25.7. The summed E-state index contributed by atoms with van der Waals surface area (Å²) in [6.45, 7) is 2.07. The van der Waals surface area contributed by atoms with Crippen molar-refractivity contribution in [2.75, 3.05) is 11.9 Å². The fourth-order valence-corrected chi connectivity index (χ4v) is 4.44. The first-order valence-corrected chi connectivity index (χ1v) is 9.82. The fraction of sp³-hybridized carbons (Fsp3) is 0.263. The third-order valence-electron chi connectivity index (χ3n) is 4.01. The topological polar surface area (TPSA) is 55.4 Å². The van der Waals surface area contributed by atoms with Crippen LogP contribution in [-0.2, 0) is 22.4 Å². The van der Waals surface area contributed by atoms with E-state index in [4.69, 9.17) is 27.9 Å². The second kappa shape index (κ2) is 8.25. The largest absolute Gasteiger partial charge is 0.462 e. The molecule has 0 atom stereocenters. The number of carbonyl (C=O) groups is 2. The van der Waals surface area contributed by atoms with Crippen LogP contribution in [0.1, 0.15) is 39.7 Å². The lowest BCUT2D eigenvalue weighted by molar-refractivity contribution is -0.111. The second-order valence-corrected chi connectivity index (χ2v) is 7.70. The van der Waals surface area contributed by atoms with Crippen molar-refractivity contribution in [1.29, 1.82) is 0 Å². The molecule has 0 saturated carbocycles. The number of ether oxygens (including phenoxy) is 1. The Morgan fingerprint density at radius 2 is 2.08 bits per heavy atom. The van der Waals surface area contributed by atoms with Crippen LogP contribution >= 0.6 is 34.5 Å². The van der Waals surface area contributed by atoms with Crippen LogP contribution in [0.2, 0.25) is 10.0 Å². The molecule has 7 heteroatoms. The van der Waals surface area contributed by atoms with Crippen LogP contribution in [0.15, 0.2) is 24.3 Å². The van der Waals surface area contributed by atoms with Crippen LogP contribution in [0.5, 0.6) is 0 Å². The molecule has 136 valence electrons. The quantitative estimate of drug-likeness (QED) is 0.533. The van der Waals surface area contributed by atoms with Crippen LogP contribution in [0.4, 0.5) is 5.00 Å². The molecule has 1 aromatic heterocycles. The number of amides is 1. The van der Waals surface area contributed by atoms with Gasteiger partial charge in [-0.15, -0.1) is 11.3 Å². The van der Waals surface area contributed by atoms with Crippen molar-refractivity contribution < 1.29 is 14.3 Å². The van der Waals surface area contributed by atoms with E-state index in [9.17, 15) is 9.59 Å². The number of rotatable bonds is 5. The van der Waals surface area contributed by atoms with E-state index in [2.05, 4.69) is 5.32 Å². The Hall–Kier alpha value is -1.82. The number of anilines is 1. The molecule has 0 saturated heterocycles. The third kappa shape index (κ3) is 4.11. The highest BCUT2D eigenvalue weighted by Gasteiger charge is 2.27. The molecule has 0 unspecified atom stereocenters. The molecular formula is C19H17Cl2NO3S. The van der Waals surface area contributed by atoms with Gasteiger partial charge in [-0.3, -0.25) is 4.79 Å². The van der Waals surface area contributed by atoms with Gasteiger partial charge in [0.1, 0.15) is 5.00 Å². The first kappa shape index (κ1) is 19.0. The van der Waals surface area contributed by atoms with Gasteiger partial charge in [0, 0.05) is 11.0 Å². The number of carbonyl (C=O) groups excluding carboxylic acids is 2. The molecular weight excluding hydrogens is 393 g/mol. The fourth-order valence-electron chi connectivity index (χ4n) is 2.85. The summed E-state index contributed by atoms with van der Waals surface area (Å²) in [5.74, 6) is -0.697. The van der Waals surface area contributed by atoms with Gasteiger partial charge in [-0.25, -0.2) is 4.79 Å². The number of halogens is 2. The Kier molecular flexibility index (Phi) is 6.01. The SMILES string of the molecule is CCOC(=O)c1c(NC(=O)/C=C/c2ccc(Cl)c(Cl)c2)sc2c1CCC2. The van der Waals surface area contributed by atoms with Gasteiger partial charge in [-0.05, 0) is 55.5 Å². The summed E-state index contributed by atoms with van der Waals surface area (Å²) >= 11 is 13.3. The Morgan fingerprint density at radius 1 is 1.27 bits per heavy atom. The molecule has 1 N–H and O–H groups in total. The minimum absolute atomic E-state index is 0.300.